The summed E-state index contributed by atoms with van der Waals surface area (Å²) in [6, 6.07) is 10.1. The van der Waals surface area contributed by atoms with E-state index in [4.69, 9.17) is 8.94 Å². The van der Waals surface area contributed by atoms with Crippen LogP contribution in [-0.2, 0) is 13.1 Å². The quantitative estimate of drug-likeness (QED) is 0.652. The van der Waals surface area contributed by atoms with Crippen molar-refractivity contribution in [2.45, 2.75) is 51.7 Å². The smallest absolute Gasteiger partial charge is 0.247 e. The largest absolute Gasteiger partial charge is 0.419 e. The molecular formula is C18H21N5O2. The Bertz CT molecular complexity index is 823. The minimum Gasteiger partial charge on any atom is -0.419 e. The summed E-state index contributed by atoms with van der Waals surface area (Å²) in [4.78, 5) is 6.68. The van der Waals surface area contributed by atoms with E-state index in [0.29, 0.717) is 36.7 Å². The molecule has 1 aliphatic carbocycles. The SMILES string of the molecule is CC(C)N(Cc1nc(C2CC2)no1)Cc1nnc(-c2ccccc2)o1. The average Bonchev–Trinajstić information content (AvgIpc) is 3.18. The van der Waals surface area contributed by atoms with Crippen LogP contribution in [0.4, 0.5) is 0 Å². The van der Waals surface area contributed by atoms with Gasteiger partial charge in [-0.2, -0.15) is 4.98 Å². The normalized spacial score (nSPS) is 14.6. The van der Waals surface area contributed by atoms with E-state index in [1.165, 1.54) is 0 Å². The molecule has 7 heteroatoms. The molecule has 1 aromatic carbocycles. The number of aromatic nitrogens is 4. The molecule has 0 saturated heterocycles. The molecule has 1 fully saturated rings. The maximum absolute atomic E-state index is 5.81. The van der Waals surface area contributed by atoms with E-state index in [0.717, 1.165) is 24.2 Å². The van der Waals surface area contributed by atoms with E-state index in [2.05, 4.69) is 39.1 Å². The second-order valence-corrected chi connectivity index (χ2v) is 6.69. The van der Waals surface area contributed by atoms with E-state index in [9.17, 15) is 0 Å². The summed E-state index contributed by atoms with van der Waals surface area (Å²) in [5.74, 6) is 3.08. The molecule has 7 nitrogen and oxygen atoms in total. The molecule has 0 spiro atoms. The van der Waals surface area contributed by atoms with Gasteiger partial charge < -0.3 is 8.94 Å². The molecule has 0 aliphatic heterocycles. The van der Waals surface area contributed by atoms with Gasteiger partial charge in [0.15, 0.2) is 5.82 Å². The van der Waals surface area contributed by atoms with Crippen molar-refractivity contribution in [1.29, 1.82) is 0 Å². The van der Waals surface area contributed by atoms with Crippen molar-refractivity contribution >= 4 is 0 Å². The predicted octanol–water partition coefficient (Wildman–Crippen LogP) is 3.41. The lowest BCUT2D eigenvalue weighted by Gasteiger charge is -2.22. The number of rotatable bonds is 7. The molecule has 3 aromatic rings. The van der Waals surface area contributed by atoms with Crippen molar-refractivity contribution in [2.24, 2.45) is 0 Å². The lowest BCUT2D eigenvalue weighted by atomic mass is 10.2. The topological polar surface area (TPSA) is 81.1 Å². The van der Waals surface area contributed by atoms with Gasteiger partial charge in [0.25, 0.3) is 0 Å². The fraction of sp³-hybridized carbons (Fsp3) is 0.444. The van der Waals surface area contributed by atoms with Gasteiger partial charge in [0.05, 0.1) is 13.1 Å². The Balaban J connectivity index is 1.45. The molecule has 2 aromatic heterocycles. The van der Waals surface area contributed by atoms with Gasteiger partial charge in [0, 0.05) is 17.5 Å². The van der Waals surface area contributed by atoms with E-state index in [1.807, 2.05) is 30.3 Å². The Morgan fingerprint density at radius 3 is 2.56 bits per heavy atom. The molecular weight excluding hydrogens is 318 g/mol. The second-order valence-electron chi connectivity index (χ2n) is 6.69. The van der Waals surface area contributed by atoms with E-state index < -0.39 is 0 Å². The molecule has 0 radical (unpaired) electrons. The Kier molecular flexibility index (Phi) is 4.31. The van der Waals surface area contributed by atoms with E-state index >= 15 is 0 Å². The summed E-state index contributed by atoms with van der Waals surface area (Å²) in [7, 11) is 0. The summed E-state index contributed by atoms with van der Waals surface area (Å²) in [5.41, 5.74) is 0.920. The summed E-state index contributed by atoms with van der Waals surface area (Å²) in [6.45, 7) is 5.35. The van der Waals surface area contributed by atoms with Gasteiger partial charge in [-0.3, -0.25) is 4.90 Å². The maximum atomic E-state index is 5.81. The molecule has 0 atom stereocenters. The van der Waals surface area contributed by atoms with Crippen molar-refractivity contribution < 1.29 is 8.94 Å². The molecule has 1 aliphatic rings. The monoisotopic (exact) mass is 339 g/mol. The fourth-order valence-electron chi connectivity index (χ4n) is 2.62. The number of nitrogens with zero attached hydrogens (tertiary/aromatic N) is 5. The number of benzene rings is 1. The Labute approximate surface area is 146 Å². The fourth-order valence-corrected chi connectivity index (χ4v) is 2.62. The van der Waals surface area contributed by atoms with Crippen LogP contribution in [0.3, 0.4) is 0 Å². The number of hydrogen-bond donors (Lipinski definition) is 0. The van der Waals surface area contributed by atoms with Gasteiger partial charge in [-0.15, -0.1) is 10.2 Å². The Morgan fingerprint density at radius 2 is 1.84 bits per heavy atom. The predicted molar refractivity (Wildman–Crippen MR) is 90.4 cm³/mol. The zero-order chi connectivity index (χ0) is 17.2. The lowest BCUT2D eigenvalue weighted by Crippen LogP contribution is -2.30. The minimum absolute atomic E-state index is 0.281. The standard InChI is InChI=1S/C18H21N5O2/c1-12(2)23(10-15-19-17(22-25-15)13-8-9-13)11-16-20-21-18(24-16)14-6-4-3-5-7-14/h3-7,12-13H,8-11H2,1-2H3. The van der Waals surface area contributed by atoms with Crippen molar-refractivity contribution in [3.05, 3.63) is 47.9 Å². The first kappa shape index (κ1) is 16.0. The molecule has 0 amide bonds. The van der Waals surface area contributed by atoms with Gasteiger partial charge in [0.2, 0.25) is 17.7 Å². The van der Waals surface area contributed by atoms with Crippen LogP contribution >= 0.6 is 0 Å². The van der Waals surface area contributed by atoms with E-state index in [-0.39, 0.29) is 6.04 Å². The lowest BCUT2D eigenvalue weighted by molar-refractivity contribution is 0.161. The van der Waals surface area contributed by atoms with Gasteiger partial charge in [-0.05, 0) is 38.8 Å². The van der Waals surface area contributed by atoms with Crippen molar-refractivity contribution in [3.63, 3.8) is 0 Å². The van der Waals surface area contributed by atoms with Gasteiger partial charge in [-0.25, -0.2) is 0 Å². The average molecular weight is 339 g/mol. The second kappa shape index (κ2) is 6.76. The van der Waals surface area contributed by atoms with Crippen LogP contribution in [0.2, 0.25) is 0 Å². The molecule has 130 valence electrons. The molecule has 2 heterocycles. The van der Waals surface area contributed by atoms with Crippen molar-refractivity contribution in [2.75, 3.05) is 0 Å². The molecule has 0 unspecified atom stereocenters. The summed E-state index contributed by atoms with van der Waals surface area (Å²) >= 11 is 0. The third-order valence-corrected chi connectivity index (χ3v) is 4.32. The summed E-state index contributed by atoms with van der Waals surface area (Å²) < 4.78 is 11.2. The third-order valence-electron chi connectivity index (χ3n) is 4.32. The van der Waals surface area contributed by atoms with Crippen LogP contribution in [0.5, 0.6) is 0 Å². The van der Waals surface area contributed by atoms with Crippen molar-refractivity contribution in [3.8, 4) is 11.5 Å². The van der Waals surface area contributed by atoms with E-state index in [1.54, 1.807) is 0 Å². The van der Waals surface area contributed by atoms with Crippen LogP contribution in [0.15, 0.2) is 39.3 Å². The van der Waals surface area contributed by atoms with Crippen LogP contribution in [0.25, 0.3) is 11.5 Å². The van der Waals surface area contributed by atoms with Crippen molar-refractivity contribution in [1.82, 2.24) is 25.2 Å². The van der Waals surface area contributed by atoms with Gasteiger partial charge in [-0.1, -0.05) is 23.4 Å². The van der Waals surface area contributed by atoms with Crippen LogP contribution in [0.1, 0.15) is 50.2 Å². The third kappa shape index (κ3) is 3.76. The zero-order valence-corrected chi connectivity index (χ0v) is 14.4. The molecule has 0 bridgehead atoms. The Morgan fingerprint density at radius 1 is 1.08 bits per heavy atom. The highest BCUT2D eigenvalue weighted by atomic mass is 16.5. The molecule has 4 rings (SSSR count). The summed E-state index contributed by atoms with van der Waals surface area (Å²) in [5, 5.41) is 12.4. The highest BCUT2D eigenvalue weighted by Crippen LogP contribution is 2.38. The van der Waals surface area contributed by atoms with Gasteiger partial charge >= 0.3 is 0 Å². The molecule has 25 heavy (non-hydrogen) atoms. The highest BCUT2D eigenvalue weighted by Gasteiger charge is 2.29. The molecule has 1 saturated carbocycles. The minimum atomic E-state index is 0.281. The Hall–Kier alpha value is -2.54. The first-order valence-corrected chi connectivity index (χ1v) is 8.63. The summed E-state index contributed by atoms with van der Waals surface area (Å²) in [6.07, 6.45) is 2.33. The maximum Gasteiger partial charge on any atom is 0.247 e. The zero-order valence-electron chi connectivity index (χ0n) is 14.4. The first-order chi connectivity index (χ1) is 12.2. The number of hydrogen-bond acceptors (Lipinski definition) is 7. The van der Waals surface area contributed by atoms with Crippen LogP contribution in [0, 0.1) is 0 Å². The van der Waals surface area contributed by atoms with Crippen LogP contribution < -0.4 is 0 Å². The molecule has 0 N–H and O–H groups in total. The van der Waals surface area contributed by atoms with Crippen LogP contribution in [-0.4, -0.2) is 31.3 Å². The highest BCUT2D eigenvalue weighted by molar-refractivity contribution is 5.51. The first-order valence-electron chi connectivity index (χ1n) is 8.63. The van der Waals surface area contributed by atoms with Gasteiger partial charge in [0.1, 0.15) is 0 Å².